The van der Waals surface area contributed by atoms with Gasteiger partial charge in [0.15, 0.2) is 17.2 Å². The third-order valence-corrected chi connectivity index (χ3v) is 6.64. The predicted molar refractivity (Wildman–Crippen MR) is 131 cm³/mol. The molecule has 3 amide bonds. The van der Waals surface area contributed by atoms with Gasteiger partial charge in [0, 0.05) is 34.3 Å². The van der Waals surface area contributed by atoms with E-state index in [2.05, 4.69) is 10.6 Å². The van der Waals surface area contributed by atoms with Crippen LogP contribution in [0.2, 0.25) is 5.02 Å². The van der Waals surface area contributed by atoms with Crippen LogP contribution in [0.25, 0.3) is 0 Å². The molecule has 2 bridgehead atoms. The maximum atomic E-state index is 13.2. The molecule has 0 aliphatic carbocycles. The van der Waals surface area contributed by atoms with Crippen LogP contribution in [-0.2, 0) is 0 Å². The van der Waals surface area contributed by atoms with E-state index in [1.54, 1.807) is 53.4 Å². The number of fused-ring (bicyclic) bond motifs is 5. The molecule has 1 saturated heterocycles. The maximum absolute atomic E-state index is 13.2. The molecule has 8 nitrogen and oxygen atoms in total. The molecule has 178 valence electrons. The lowest BCUT2D eigenvalue weighted by Gasteiger charge is -2.50. The molecule has 3 heterocycles. The Bertz CT molecular complexity index is 1360. The summed E-state index contributed by atoms with van der Waals surface area (Å²) in [6, 6.07) is 17.0. The van der Waals surface area contributed by atoms with E-state index in [-0.39, 0.29) is 18.0 Å². The molecule has 3 aromatic rings. The third kappa shape index (κ3) is 3.80. The van der Waals surface area contributed by atoms with Crippen LogP contribution >= 0.6 is 11.6 Å². The van der Waals surface area contributed by atoms with Crippen LogP contribution in [0.5, 0.6) is 17.2 Å². The largest absolute Gasteiger partial charge is 0.486 e. The number of hydrogen-bond donors (Lipinski definition) is 2. The second-order valence-electron chi connectivity index (χ2n) is 8.86. The zero-order valence-electron chi connectivity index (χ0n) is 18.8. The minimum Gasteiger partial charge on any atom is -0.486 e. The first-order chi connectivity index (χ1) is 16.9. The molecule has 0 spiro atoms. The van der Waals surface area contributed by atoms with Crippen molar-refractivity contribution < 1.29 is 23.8 Å². The fraction of sp³-hybridized carbons (Fsp3) is 0.231. The number of hydrogen-bond acceptors (Lipinski definition) is 5. The Kier molecular flexibility index (Phi) is 5.00. The van der Waals surface area contributed by atoms with Crippen molar-refractivity contribution in [3.8, 4) is 17.2 Å². The highest BCUT2D eigenvalue weighted by molar-refractivity contribution is 6.30. The van der Waals surface area contributed by atoms with Crippen LogP contribution in [0.1, 0.15) is 35.3 Å². The van der Waals surface area contributed by atoms with E-state index in [9.17, 15) is 9.59 Å². The van der Waals surface area contributed by atoms with E-state index in [1.807, 2.05) is 19.1 Å². The van der Waals surface area contributed by atoms with Gasteiger partial charge in [0.25, 0.3) is 5.91 Å². The van der Waals surface area contributed by atoms with Gasteiger partial charge >= 0.3 is 6.03 Å². The van der Waals surface area contributed by atoms with Crippen molar-refractivity contribution >= 4 is 34.9 Å². The molecule has 6 rings (SSSR count). The summed E-state index contributed by atoms with van der Waals surface area (Å²) in [5.41, 5.74) is 1.46. The number of amides is 3. The minimum atomic E-state index is -0.932. The van der Waals surface area contributed by atoms with E-state index in [1.165, 1.54) is 0 Å². The van der Waals surface area contributed by atoms with Gasteiger partial charge in [0.05, 0.1) is 11.7 Å². The van der Waals surface area contributed by atoms with E-state index >= 15 is 0 Å². The second-order valence-corrected chi connectivity index (χ2v) is 9.30. The first-order valence-electron chi connectivity index (χ1n) is 11.3. The fourth-order valence-electron chi connectivity index (χ4n) is 4.85. The third-order valence-electron chi connectivity index (χ3n) is 6.40. The lowest BCUT2D eigenvalue weighted by atomic mass is 9.90. The summed E-state index contributed by atoms with van der Waals surface area (Å²) in [6.45, 7) is 2.83. The van der Waals surface area contributed by atoms with Crippen LogP contribution in [0, 0.1) is 0 Å². The first-order valence-corrected chi connectivity index (χ1v) is 11.7. The van der Waals surface area contributed by atoms with Gasteiger partial charge in [-0.25, -0.2) is 4.79 Å². The lowest BCUT2D eigenvalue weighted by molar-refractivity contribution is 0.0378. The summed E-state index contributed by atoms with van der Waals surface area (Å²) in [6.07, 6.45) is 0.527. The SMILES string of the molecule is C[C@]12C[C@@H](NC(=O)N1c1cccc(C(=O)Nc3ccc4c(c3)OCCO4)c1)c1cc(Cl)ccc1O2. The number of rotatable bonds is 3. The predicted octanol–water partition coefficient (Wildman–Crippen LogP) is 5.13. The highest BCUT2D eigenvalue weighted by Crippen LogP contribution is 2.46. The quantitative estimate of drug-likeness (QED) is 0.530. The number of halogens is 1. The number of carbonyl (C=O) groups excluding carboxylic acids is 2. The summed E-state index contributed by atoms with van der Waals surface area (Å²) in [5.74, 6) is 1.60. The Morgan fingerprint density at radius 2 is 1.86 bits per heavy atom. The van der Waals surface area contributed by atoms with Crippen molar-refractivity contribution in [1.82, 2.24) is 5.32 Å². The summed E-state index contributed by atoms with van der Waals surface area (Å²) >= 11 is 6.16. The molecule has 3 aromatic carbocycles. The van der Waals surface area contributed by atoms with Crippen molar-refractivity contribution in [2.45, 2.75) is 25.1 Å². The monoisotopic (exact) mass is 491 g/mol. The van der Waals surface area contributed by atoms with Gasteiger partial charge in [-0.1, -0.05) is 17.7 Å². The number of ether oxygens (including phenoxy) is 3. The van der Waals surface area contributed by atoms with Crippen molar-refractivity contribution in [3.63, 3.8) is 0 Å². The molecule has 0 radical (unpaired) electrons. The average molecular weight is 492 g/mol. The Morgan fingerprint density at radius 1 is 1.06 bits per heavy atom. The van der Waals surface area contributed by atoms with Crippen molar-refractivity contribution in [2.24, 2.45) is 0 Å². The normalized spacial score (nSPS) is 21.9. The van der Waals surface area contributed by atoms with Crippen LogP contribution < -0.4 is 29.7 Å². The molecule has 0 unspecified atom stereocenters. The van der Waals surface area contributed by atoms with E-state index in [0.717, 1.165) is 5.56 Å². The van der Waals surface area contributed by atoms with E-state index in [0.29, 0.717) is 58.8 Å². The first kappa shape index (κ1) is 21.6. The van der Waals surface area contributed by atoms with Gasteiger partial charge in [0.1, 0.15) is 19.0 Å². The number of nitrogens with zero attached hydrogens (tertiary/aromatic N) is 1. The highest BCUT2D eigenvalue weighted by Gasteiger charge is 2.50. The van der Waals surface area contributed by atoms with Gasteiger partial charge in [-0.3, -0.25) is 9.69 Å². The van der Waals surface area contributed by atoms with Gasteiger partial charge in [-0.05, 0) is 55.5 Å². The molecule has 1 fully saturated rings. The smallest absolute Gasteiger partial charge is 0.325 e. The van der Waals surface area contributed by atoms with Crippen LogP contribution in [0.15, 0.2) is 60.7 Å². The molecular formula is C26H22ClN3O5. The maximum Gasteiger partial charge on any atom is 0.325 e. The van der Waals surface area contributed by atoms with Gasteiger partial charge in [0.2, 0.25) is 0 Å². The molecule has 2 atom stereocenters. The summed E-state index contributed by atoms with van der Waals surface area (Å²) in [7, 11) is 0. The van der Waals surface area contributed by atoms with Crippen molar-refractivity contribution in [1.29, 1.82) is 0 Å². The second kappa shape index (κ2) is 8.09. The molecule has 35 heavy (non-hydrogen) atoms. The summed E-state index contributed by atoms with van der Waals surface area (Å²) in [5, 5.41) is 6.52. The van der Waals surface area contributed by atoms with Crippen LogP contribution in [0.4, 0.5) is 16.2 Å². The standard InChI is InChI=1S/C26H22ClN3O5/c1-26-14-20(19-12-16(27)5-7-21(19)35-26)29-25(32)30(26)18-4-2-3-15(11-18)24(31)28-17-6-8-22-23(13-17)34-10-9-33-22/h2-8,11-13,20H,9-10,14H2,1H3,(H,28,31)(H,29,32)/t20-,26+/m1/s1. The van der Waals surface area contributed by atoms with Gasteiger partial charge in [-0.15, -0.1) is 0 Å². The topological polar surface area (TPSA) is 89.1 Å². The highest BCUT2D eigenvalue weighted by atomic mass is 35.5. The van der Waals surface area contributed by atoms with Gasteiger partial charge < -0.3 is 24.8 Å². The minimum absolute atomic E-state index is 0.215. The molecule has 9 heteroatoms. The Balaban J connectivity index is 1.27. The van der Waals surface area contributed by atoms with E-state index in [4.69, 9.17) is 25.8 Å². The number of anilines is 2. The Morgan fingerprint density at radius 3 is 2.71 bits per heavy atom. The zero-order chi connectivity index (χ0) is 24.2. The average Bonchev–Trinajstić information content (AvgIpc) is 2.84. The zero-order valence-corrected chi connectivity index (χ0v) is 19.6. The molecule has 0 saturated carbocycles. The van der Waals surface area contributed by atoms with Crippen molar-refractivity contribution in [3.05, 3.63) is 76.8 Å². The summed E-state index contributed by atoms with van der Waals surface area (Å²) in [4.78, 5) is 27.8. The fourth-order valence-corrected chi connectivity index (χ4v) is 5.03. The Hall–Kier alpha value is -3.91. The molecular weight excluding hydrogens is 470 g/mol. The van der Waals surface area contributed by atoms with Crippen LogP contribution in [0.3, 0.4) is 0 Å². The number of urea groups is 1. The molecule has 3 aliphatic rings. The number of carbonyl (C=O) groups is 2. The molecule has 3 aliphatic heterocycles. The molecule has 0 aromatic heterocycles. The Labute approximate surface area is 206 Å². The molecule has 2 N–H and O–H groups in total. The van der Waals surface area contributed by atoms with Crippen LogP contribution in [-0.4, -0.2) is 30.9 Å². The lowest BCUT2D eigenvalue weighted by Crippen LogP contribution is -2.65. The summed E-state index contributed by atoms with van der Waals surface area (Å²) < 4.78 is 17.4. The number of nitrogens with one attached hydrogen (secondary N) is 2. The van der Waals surface area contributed by atoms with Crippen molar-refractivity contribution in [2.75, 3.05) is 23.4 Å². The van der Waals surface area contributed by atoms with E-state index < -0.39 is 5.72 Å². The van der Waals surface area contributed by atoms with Gasteiger partial charge in [-0.2, -0.15) is 0 Å². The number of benzene rings is 3.